The first kappa shape index (κ1) is 29.0. The SMILES string of the molecule is CC1(Oc2cc(C(=O)OC34CC5CC(C3)CC(C(=O)OCCS(=O)(=O)[O-])(C5)C4)ccc2OC(F)(F)F)CCCC1. The standard InChI is InChI=1S/C27H33F3O9S/c1-24(6-2-3-7-24)37-21-11-19(4-5-20(21)38-27(28,29)30)22(31)39-26-14-17-10-18(15-26)13-25(12-17,16-26)23(32)36-8-9-40(33,34)35/h4-5,11,17-18H,2-3,6-10,12-16H2,1H3,(H,33,34,35)/p-1. The molecule has 13 heteroatoms. The summed E-state index contributed by atoms with van der Waals surface area (Å²) in [6.45, 7) is 1.27. The third kappa shape index (κ3) is 6.35. The van der Waals surface area contributed by atoms with Crippen LogP contribution >= 0.6 is 0 Å². The molecule has 2 unspecified atom stereocenters. The summed E-state index contributed by atoms with van der Waals surface area (Å²) in [5.74, 6) is -2.73. The third-order valence-electron chi connectivity index (χ3n) is 8.74. The van der Waals surface area contributed by atoms with E-state index in [0.717, 1.165) is 25.3 Å². The Morgan fingerprint density at radius 2 is 1.70 bits per heavy atom. The van der Waals surface area contributed by atoms with E-state index in [1.54, 1.807) is 0 Å². The van der Waals surface area contributed by atoms with Crippen LogP contribution in [-0.2, 0) is 24.4 Å². The fourth-order valence-corrected chi connectivity index (χ4v) is 7.88. The Morgan fingerprint density at radius 1 is 1.05 bits per heavy atom. The van der Waals surface area contributed by atoms with Gasteiger partial charge in [-0.3, -0.25) is 4.79 Å². The fourth-order valence-electron chi connectivity index (χ4n) is 7.60. The number of carbonyl (C=O) groups excluding carboxylic acids is 2. The molecule has 0 amide bonds. The quantitative estimate of drug-likeness (QED) is 0.292. The first-order chi connectivity index (χ1) is 18.6. The lowest BCUT2D eigenvalue weighted by Crippen LogP contribution is -2.60. The summed E-state index contributed by atoms with van der Waals surface area (Å²) >= 11 is 0. The van der Waals surface area contributed by atoms with E-state index < -0.39 is 63.1 Å². The third-order valence-corrected chi connectivity index (χ3v) is 9.41. The van der Waals surface area contributed by atoms with Gasteiger partial charge in [0.2, 0.25) is 0 Å². The Bertz CT molecular complexity index is 1260. The minimum absolute atomic E-state index is 0.000791. The first-order valence-electron chi connectivity index (χ1n) is 13.5. The number of rotatable bonds is 9. The lowest BCUT2D eigenvalue weighted by Gasteiger charge is -2.59. The second kappa shape index (κ2) is 10.1. The second-order valence-electron chi connectivity index (χ2n) is 12.2. The highest BCUT2D eigenvalue weighted by Gasteiger charge is 2.63. The van der Waals surface area contributed by atoms with Crippen LogP contribution in [0.4, 0.5) is 13.2 Å². The Hall–Kier alpha value is -2.54. The van der Waals surface area contributed by atoms with E-state index >= 15 is 0 Å². The van der Waals surface area contributed by atoms with Gasteiger partial charge in [0.1, 0.15) is 17.8 Å². The average Bonchev–Trinajstić information content (AvgIpc) is 3.23. The van der Waals surface area contributed by atoms with Gasteiger partial charge >= 0.3 is 18.3 Å². The van der Waals surface area contributed by atoms with E-state index in [-0.39, 0.29) is 29.6 Å². The average molecular weight is 590 g/mol. The molecular formula is C27H32F3O9S-. The molecule has 0 N–H and O–H groups in total. The summed E-state index contributed by atoms with van der Waals surface area (Å²) in [5.41, 5.74) is -2.61. The van der Waals surface area contributed by atoms with Crippen molar-refractivity contribution in [2.24, 2.45) is 17.3 Å². The Kier molecular flexibility index (Phi) is 7.30. The summed E-state index contributed by atoms with van der Waals surface area (Å²) < 4.78 is 93.3. The van der Waals surface area contributed by atoms with Gasteiger partial charge in [0.05, 0.1) is 26.8 Å². The van der Waals surface area contributed by atoms with Crippen LogP contribution in [0.15, 0.2) is 18.2 Å². The van der Waals surface area contributed by atoms with Gasteiger partial charge in [-0.1, -0.05) is 0 Å². The number of ether oxygens (including phenoxy) is 4. The van der Waals surface area contributed by atoms with E-state index in [0.29, 0.717) is 38.5 Å². The summed E-state index contributed by atoms with van der Waals surface area (Å²) in [5, 5.41) is 0. The van der Waals surface area contributed by atoms with Gasteiger partial charge in [0, 0.05) is 6.42 Å². The maximum atomic E-state index is 13.4. The molecule has 5 saturated carbocycles. The van der Waals surface area contributed by atoms with E-state index in [1.807, 2.05) is 6.92 Å². The van der Waals surface area contributed by atoms with Crippen molar-refractivity contribution in [3.05, 3.63) is 23.8 Å². The summed E-state index contributed by atoms with van der Waals surface area (Å²) in [4.78, 5) is 26.5. The summed E-state index contributed by atoms with van der Waals surface area (Å²) in [6.07, 6.45) is 1.27. The van der Waals surface area contributed by atoms with Crippen LogP contribution in [0.5, 0.6) is 11.5 Å². The molecule has 0 heterocycles. The van der Waals surface area contributed by atoms with Crippen molar-refractivity contribution in [3.8, 4) is 11.5 Å². The smallest absolute Gasteiger partial charge is 0.573 e. The number of esters is 2. The number of benzene rings is 1. The van der Waals surface area contributed by atoms with Crippen molar-refractivity contribution in [1.82, 2.24) is 0 Å². The van der Waals surface area contributed by atoms with Gasteiger partial charge < -0.3 is 23.5 Å². The summed E-state index contributed by atoms with van der Waals surface area (Å²) in [7, 11) is -4.54. The van der Waals surface area contributed by atoms with Crippen molar-refractivity contribution in [2.45, 2.75) is 88.7 Å². The lowest BCUT2D eigenvalue weighted by molar-refractivity contribution is -0.275. The van der Waals surface area contributed by atoms with Crippen LogP contribution in [0.25, 0.3) is 0 Å². The van der Waals surface area contributed by atoms with Crippen LogP contribution in [0.2, 0.25) is 0 Å². The monoisotopic (exact) mass is 589 g/mol. The molecule has 0 saturated heterocycles. The molecule has 40 heavy (non-hydrogen) atoms. The van der Waals surface area contributed by atoms with Gasteiger partial charge in [-0.2, -0.15) is 0 Å². The van der Waals surface area contributed by atoms with Gasteiger partial charge in [0.15, 0.2) is 11.5 Å². The van der Waals surface area contributed by atoms with Crippen LogP contribution in [0.1, 0.15) is 81.5 Å². The van der Waals surface area contributed by atoms with E-state index in [4.69, 9.17) is 14.2 Å². The zero-order valence-corrected chi connectivity index (χ0v) is 22.9. The van der Waals surface area contributed by atoms with Crippen molar-refractivity contribution in [3.63, 3.8) is 0 Å². The first-order valence-corrected chi connectivity index (χ1v) is 15.1. The zero-order chi connectivity index (χ0) is 29.0. The molecule has 1 aromatic rings. The Morgan fingerprint density at radius 3 is 2.30 bits per heavy atom. The molecule has 5 fully saturated rings. The number of carbonyl (C=O) groups is 2. The predicted octanol–water partition coefficient (Wildman–Crippen LogP) is 4.88. The molecule has 0 spiro atoms. The minimum atomic E-state index is -4.95. The molecule has 1 aromatic carbocycles. The van der Waals surface area contributed by atoms with Gasteiger partial charge in [-0.15, -0.1) is 13.2 Å². The number of hydrogen-bond acceptors (Lipinski definition) is 9. The van der Waals surface area contributed by atoms with Crippen molar-refractivity contribution in [1.29, 1.82) is 0 Å². The molecule has 4 bridgehead atoms. The molecule has 0 radical (unpaired) electrons. The Labute approximate surface area is 230 Å². The van der Waals surface area contributed by atoms with Gasteiger partial charge in [0.25, 0.3) is 0 Å². The van der Waals surface area contributed by atoms with Gasteiger partial charge in [-0.25, -0.2) is 13.2 Å². The second-order valence-corrected chi connectivity index (χ2v) is 13.7. The van der Waals surface area contributed by atoms with Crippen molar-refractivity contribution < 1.29 is 54.7 Å². The van der Waals surface area contributed by atoms with E-state index in [9.17, 15) is 35.7 Å². The molecule has 222 valence electrons. The van der Waals surface area contributed by atoms with Crippen LogP contribution in [0, 0.1) is 17.3 Å². The lowest BCUT2D eigenvalue weighted by atomic mass is 9.48. The molecule has 0 aromatic heterocycles. The number of alkyl halides is 3. The number of halogens is 3. The molecule has 5 aliphatic rings. The highest BCUT2D eigenvalue weighted by molar-refractivity contribution is 7.85. The van der Waals surface area contributed by atoms with Crippen molar-refractivity contribution in [2.75, 3.05) is 12.4 Å². The molecule has 9 nitrogen and oxygen atoms in total. The van der Waals surface area contributed by atoms with E-state index in [2.05, 4.69) is 4.74 Å². The molecular weight excluding hydrogens is 557 g/mol. The van der Waals surface area contributed by atoms with E-state index in [1.165, 1.54) is 12.1 Å². The van der Waals surface area contributed by atoms with Gasteiger partial charge in [-0.05, 0) is 94.7 Å². The molecule has 0 aliphatic heterocycles. The molecule has 2 atom stereocenters. The fraction of sp³-hybridized carbons (Fsp3) is 0.704. The summed E-state index contributed by atoms with van der Waals surface area (Å²) in [6, 6.07) is 3.45. The molecule has 5 aliphatic carbocycles. The minimum Gasteiger partial charge on any atom is -0.748 e. The Balaban J connectivity index is 1.35. The van der Waals surface area contributed by atoms with Crippen LogP contribution in [0.3, 0.4) is 0 Å². The largest absolute Gasteiger partial charge is 0.748 e. The highest BCUT2D eigenvalue weighted by Crippen LogP contribution is 2.63. The topological polar surface area (TPSA) is 128 Å². The normalized spacial score (nSPS) is 30.6. The predicted molar refractivity (Wildman–Crippen MR) is 131 cm³/mol. The highest BCUT2D eigenvalue weighted by atomic mass is 32.2. The van der Waals surface area contributed by atoms with Crippen LogP contribution < -0.4 is 9.47 Å². The maximum absolute atomic E-state index is 13.4. The maximum Gasteiger partial charge on any atom is 0.573 e. The molecule has 6 rings (SSSR count). The van der Waals surface area contributed by atoms with Crippen LogP contribution in [-0.4, -0.2) is 54.8 Å². The number of hydrogen-bond donors (Lipinski definition) is 0. The zero-order valence-electron chi connectivity index (χ0n) is 22.1. The van der Waals surface area contributed by atoms with Crippen molar-refractivity contribution >= 4 is 22.1 Å².